The molecule has 1 aliphatic rings. The predicted octanol–water partition coefficient (Wildman–Crippen LogP) is 3.07. The summed E-state index contributed by atoms with van der Waals surface area (Å²) < 4.78 is 3.92. The maximum absolute atomic E-state index is 4.38. The summed E-state index contributed by atoms with van der Waals surface area (Å²) in [6.07, 6.45) is 0. The van der Waals surface area contributed by atoms with E-state index in [2.05, 4.69) is 66.8 Å². The first kappa shape index (κ1) is 17.1. The van der Waals surface area contributed by atoms with Crippen LogP contribution in [0.3, 0.4) is 0 Å². The van der Waals surface area contributed by atoms with Crippen molar-refractivity contribution < 1.29 is 0 Å². The molecule has 0 saturated carbocycles. The molecule has 0 saturated heterocycles. The van der Waals surface area contributed by atoms with Crippen LogP contribution < -0.4 is 4.90 Å². The largest absolute Gasteiger partial charge is 0.339 e. The van der Waals surface area contributed by atoms with Gasteiger partial charge in [-0.3, -0.25) is 4.90 Å². The molecule has 8 nitrogen and oxygen atoms in total. The van der Waals surface area contributed by atoms with Gasteiger partial charge in [-0.2, -0.15) is 0 Å². The third kappa shape index (κ3) is 2.89. The van der Waals surface area contributed by atoms with Crippen LogP contribution in [-0.4, -0.2) is 41.6 Å². The highest BCUT2D eigenvalue weighted by molar-refractivity contribution is 5.74. The molecule has 0 unspecified atom stereocenters. The molecule has 8 heteroatoms. The van der Waals surface area contributed by atoms with Gasteiger partial charge in [-0.1, -0.05) is 52.9 Å². The zero-order chi connectivity index (χ0) is 19.9. The molecule has 0 amide bonds. The Labute approximate surface area is 172 Å². The number of nitrogens with zero attached hydrogens (tertiary/aromatic N) is 8. The van der Waals surface area contributed by atoms with E-state index in [0.29, 0.717) is 13.3 Å². The second kappa shape index (κ2) is 6.93. The highest BCUT2D eigenvalue weighted by Gasteiger charge is 2.24. The lowest BCUT2D eigenvalue weighted by Crippen LogP contribution is -2.44. The predicted molar refractivity (Wildman–Crippen MR) is 114 cm³/mol. The molecular weight excluding hydrogens is 376 g/mol. The standard InChI is InChI=1S/C22H20N8/c1-4-10-20-17(7-1)13-27(15-29-21-11-5-2-8-18(21)23-25-29)14-28(20)16-30-22-12-6-3-9-19(22)24-26-30/h1-12H,13-16H2. The van der Waals surface area contributed by atoms with E-state index in [0.717, 1.165) is 35.3 Å². The van der Waals surface area contributed by atoms with E-state index in [1.807, 2.05) is 45.8 Å². The summed E-state index contributed by atoms with van der Waals surface area (Å²) in [6, 6.07) is 24.7. The van der Waals surface area contributed by atoms with Crippen molar-refractivity contribution in [1.82, 2.24) is 34.9 Å². The number of benzene rings is 3. The minimum absolute atomic E-state index is 0.631. The monoisotopic (exact) mass is 396 g/mol. The zero-order valence-corrected chi connectivity index (χ0v) is 16.3. The van der Waals surface area contributed by atoms with E-state index in [1.54, 1.807) is 0 Å². The fourth-order valence-corrected chi connectivity index (χ4v) is 4.17. The zero-order valence-electron chi connectivity index (χ0n) is 16.3. The van der Waals surface area contributed by atoms with Crippen LogP contribution >= 0.6 is 0 Å². The number of hydrogen-bond acceptors (Lipinski definition) is 6. The highest BCUT2D eigenvalue weighted by Crippen LogP contribution is 2.28. The first-order valence-corrected chi connectivity index (χ1v) is 9.97. The molecule has 0 N–H and O–H groups in total. The van der Waals surface area contributed by atoms with Crippen molar-refractivity contribution in [3.8, 4) is 0 Å². The van der Waals surface area contributed by atoms with Crippen molar-refractivity contribution in [2.24, 2.45) is 0 Å². The van der Waals surface area contributed by atoms with E-state index in [-0.39, 0.29) is 0 Å². The maximum atomic E-state index is 4.38. The van der Waals surface area contributed by atoms with Crippen molar-refractivity contribution in [3.63, 3.8) is 0 Å². The van der Waals surface area contributed by atoms with Gasteiger partial charge in [0.05, 0.1) is 24.4 Å². The number of hydrogen-bond donors (Lipinski definition) is 0. The smallest absolute Gasteiger partial charge is 0.115 e. The minimum atomic E-state index is 0.631. The van der Waals surface area contributed by atoms with Crippen molar-refractivity contribution in [2.45, 2.75) is 19.9 Å². The molecule has 0 aliphatic carbocycles. The van der Waals surface area contributed by atoms with Gasteiger partial charge in [-0.25, -0.2) is 9.36 Å². The Hall–Kier alpha value is -3.78. The van der Waals surface area contributed by atoms with Gasteiger partial charge in [-0.15, -0.1) is 10.2 Å². The van der Waals surface area contributed by atoms with E-state index in [1.165, 1.54) is 11.3 Å². The summed E-state index contributed by atoms with van der Waals surface area (Å²) in [5, 5.41) is 17.3. The van der Waals surface area contributed by atoms with Crippen LogP contribution in [0.4, 0.5) is 5.69 Å². The van der Waals surface area contributed by atoms with Crippen molar-refractivity contribution in [3.05, 3.63) is 78.4 Å². The topological polar surface area (TPSA) is 67.9 Å². The van der Waals surface area contributed by atoms with Gasteiger partial charge in [-0.05, 0) is 35.9 Å². The Kier molecular flexibility index (Phi) is 3.95. The molecule has 0 atom stereocenters. The number of aromatic nitrogens is 6. The summed E-state index contributed by atoms with van der Waals surface area (Å²) in [4.78, 5) is 4.70. The molecule has 0 spiro atoms. The second-order valence-corrected chi connectivity index (χ2v) is 7.58. The molecule has 3 aromatic carbocycles. The fourth-order valence-electron chi connectivity index (χ4n) is 4.17. The molecule has 2 aromatic heterocycles. The lowest BCUT2D eigenvalue weighted by Gasteiger charge is -2.38. The van der Waals surface area contributed by atoms with Gasteiger partial charge in [0.2, 0.25) is 0 Å². The summed E-state index contributed by atoms with van der Waals surface area (Å²) in [6.45, 7) is 2.92. The van der Waals surface area contributed by atoms with Gasteiger partial charge in [0.25, 0.3) is 0 Å². The van der Waals surface area contributed by atoms with E-state index >= 15 is 0 Å². The Balaban J connectivity index is 1.32. The second-order valence-electron chi connectivity index (χ2n) is 7.58. The highest BCUT2D eigenvalue weighted by atomic mass is 15.5. The Morgan fingerprint density at radius 2 is 1.27 bits per heavy atom. The minimum Gasteiger partial charge on any atom is -0.339 e. The molecule has 3 heterocycles. The van der Waals surface area contributed by atoms with Gasteiger partial charge >= 0.3 is 0 Å². The van der Waals surface area contributed by atoms with Crippen LogP contribution in [-0.2, 0) is 19.9 Å². The molecule has 0 bridgehead atoms. The molecule has 0 radical (unpaired) electrons. The summed E-state index contributed by atoms with van der Waals surface area (Å²) in [5.74, 6) is 0. The Bertz CT molecular complexity index is 1340. The van der Waals surface area contributed by atoms with Crippen LogP contribution in [0.25, 0.3) is 22.1 Å². The lowest BCUT2D eigenvalue weighted by atomic mass is 10.1. The van der Waals surface area contributed by atoms with Crippen LogP contribution in [0.5, 0.6) is 0 Å². The Morgan fingerprint density at radius 3 is 2.00 bits per heavy atom. The number of para-hydroxylation sites is 3. The first-order valence-electron chi connectivity index (χ1n) is 9.97. The molecule has 6 rings (SSSR count). The van der Waals surface area contributed by atoms with E-state index in [9.17, 15) is 0 Å². The van der Waals surface area contributed by atoms with Crippen LogP contribution in [0.1, 0.15) is 5.56 Å². The average molecular weight is 396 g/mol. The molecular formula is C22H20N8. The van der Waals surface area contributed by atoms with Crippen molar-refractivity contribution >= 4 is 27.8 Å². The van der Waals surface area contributed by atoms with Gasteiger partial charge in [0.15, 0.2) is 0 Å². The van der Waals surface area contributed by atoms with Gasteiger partial charge < -0.3 is 4.90 Å². The summed E-state index contributed by atoms with van der Waals surface area (Å²) >= 11 is 0. The number of rotatable bonds is 4. The van der Waals surface area contributed by atoms with Crippen molar-refractivity contribution in [2.75, 3.05) is 11.6 Å². The fraction of sp³-hybridized carbons (Fsp3) is 0.182. The van der Waals surface area contributed by atoms with Crippen LogP contribution in [0.15, 0.2) is 72.8 Å². The Morgan fingerprint density at radius 1 is 0.667 bits per heavy atom. The normalized spacial score (nSPS) is 14.5. The molecule has 0 fully saturated rings. The molecule has 148 valence electrons. The van der Waals surface area contributed by atoms with E-state index in [4.69, 9.17) is 0 Å². The van der Waals surface area contributed by atoms with Crippen LogP contribution in [0, 0.1) is 0 Å². The van der Waals surface area contributed by atoms with E-state index < -0.39 is 0 Å². The third-order valence-electron chi connectivity index (χ3n) is 5.58. The van der Waals surface area contributed by atoms with Gasteiger partial charge in [0.1, 0.15) is 17.7 Å². The summed E-state index contributed by atoms with van der Waals surface area (Å²) in [5.41, 5.74) is 6.43. The third-order valence-corrected chi connectivity index (χ3v) is 5.58. The molecule has 30 heavy (non-hydrogen) atoms. The van der Waals surface area contributed by atoms with Crippen LogP contribution in [0.2, 0.25) is 0 Å². The maximum Gasteiger partial charge on any atom is 0.115 e. The summed E-state index contributed by atoms with van der Waals surface area (Å²) in [7, 11) is 0. The number of fused-ring (bicyclic) bond motifs is 3. The lowest BCUT2D eigenvalue weighted by molar-refractivity contribution is 0.185. The first-order chi connectivity index (χ1) is 14.8. The van der Waals surface area contributed by atoms with Gasteiger partial charge in [0, 0.05) is 12.2 Å². The molecule has 1 aliphatic heterocycles. The molecule has 5 aromatic rings. The SMILES string of the molecule is c1ccc2c(c1)CN(Cn1nnc3ccccc31)CN2Cn1nnc2ccccc21. The number of anilines is 1. The van der Waals surface area contributed by atoms with Crippen molar-refractivity contribution in [1.29, 1.82) is 0 Å². The average Bonchev–Trinajstić information content (AvgIpc) is 3.38. The quantitative estimate of drug-likeness (QED) is 0.465.